The van der Waals surface area contributed by atoms with Gasteiger partial charge in [0.1, 0.15) is 4.90 Å². The van der Waals surface area contributed by atoms with Gasteiger partial charge in [-0.1, -0.05) is 31.7 Å². The number of nitrogens with one attached hydrogen (secondary N) is 1. The van der Waals surface area contributed by atoms with Crippen LogP contribution in [0.1, 0.15) is 19.4 Å². The van der Waals surface area contributed by atoms with E-state index in [2.05, 4.69) is 9.71 Å². The zero-order chi connectivity index (χ0) is 12.5. The highest BCUT2D eigenvalue weighted by Gasteiger charge is 2.24. The summed E-state index contributed by atoms with van der Waals surface area (Å²) in [6.45, 7) is 3.95. The van der Waals surface area contributed by atoms with Crippen LogP contribution in [0.4, 0.5) is 5.69 Å². The van der Waals surface area contributed by atoms with Crippen molar-refractivity contribution in [2.75, 3.05) is 11.1 Å². The fraction of sp³-hybridized carbons (Fsp3) is 0.364. The number of amidine groups is 1. The van der Waals surface area contributed by atoms with Crippen LogP contribution in [0.25, 0.3) is 0 Å². The zero-order valence-corrected chi connectivity index (χ0v) is 11.4. The van der Waals surface area contributed by atoms with Crippen LogP contribution in [0.3, 0.4) is 0 Å². The number of rotatable bonds is 2. The predicted octanol–water partition coefficient (Wildman–Crippen LogP) is 2.47. The van der Waals surface area contributed by atoms with Gasteiger partial charge < -0.3 is 5.32 Å². The molecule has 92 valence electrons. The molecule has 0 spiro atoms. The van der Waals surface area contributed by atoms with E-state index in [0.29, 0.717) is 10.9 Å². The SMILES string of the molecule is CCSC1=NS(=O)(=O)c2cc(CC)ccc2N1. The van der Waals surface area contributed by atoms with Crippen molar-refractivity contribution in [1.82, 2.24) is 0 Å². The molecule has 1 aromatic rings. The molecule has 1 aliphatic heterocycles. The third-order valence-corrected chi connectivity index (χ3v) is 4.65. The maximum absolute atomic E-state index is 12.0. The van der Waals surface area contributed by atoms with Crippen molar-refractivity contribution in [3.63, 3.8) is 0 Å². The summed E-state index contributed by atoms with van der Waals surface area (Å²) in [5.41, 5.74) is 1.61. The van der Waals surface area contributed by atoms with Crippen LogP contribution in [-0.4, -0.2) is 19.3 Å². The van der Waals surface area contributed by atoms with E-state index < -0.39 is 10.0 Å². The van der Waals surface area contributed by atoms with Gasteiger partial charge in [0, 0.05) is 0 Å². The first-order chi connectivity index (χ1) is 8.06. The zero-order valence-electron chi connectivity index (χ0n) is 9.73. The van der Waals surface area contributed by atoms with Crippen molar-refractivity contribution in [2.45, 2.75) is 25.2 Å². The van der Waals surface area contributed by atoms with E-state index in [4.69, 9.17) is 0 Å². The van der Waals surface area contributed by atoms with Gasteiger partial charge in [-0.25, -0.2) is 0 Å². The lowest BCUT2D eigenvalue weighted by molar-refractivity contribution is 0.598. The number of anilines is 1. The summed E-state index contributed by atoms with van der Waals surface area (Å²) in [6.07, 6.45) is 0.809. The van der Waals surface area contributed by atoms with E-state index in [0.717, 1.165) is 17.7 Å². The van der Waals surface area contributed by atoms with Gasteiger partial charge in [-0.05, 0) is 29.9 Å². The second-order valence-corrected chi connectivity index (χ2v) is 6.44. The summed E-state index contributed by atoms with van der Waals surface area (Å²) < 4.78 is 27.7. The Bertz CT molecular complexity index is 565. The monoisotopic (exact) mass is 270 g/mol. The number of hydrogen-bond donors (Lipinski definition) is 1. The summed E-state index contributed by atoms with van der Waals surface area (Å²) in [5, 5.41) is 3.49. The fourth-order valence-electron chi connectivity index (χ4n) is 1.60. The van der Waals surface area contributed by atoms with Crippen molar-refractivity contribution < 1.29 is 8.42 Å². The molecule has 1 aliphatic rings. The smallest absolute Gasteiger partial charge is 0.286 e. The minimum Gasteiger partial charge on any atom is -0.333 e. The van der Waals surface area contributed by atoms with Crippen LogP contribution in [-0.2, 0) is 16.4 Å². The fourth-order valence-corrected chi connectivity index (χ4v) is 3.62. The van der Waals surface area contributed by atoms with Gasteiger partial charge in [-0.3, -0.25) is 0 Å². The van der Waals surface area contributed by atoms with Crippen molar-refractivity contribution in [3.8, 4) is 0 Å². The molecule has 0 amide bonds. The number of aryl methyl sites for hydroxylation is 1. The number of sulfonamides is 1. The molecule has 1 N–H and O–H groups in total. The molecule has 0 unspecified atom stereocenters. The highest BCUT2D eigenvalue weighted by atomic mass is 32.2. The molecule has 1 aromatic carbocycles. The van der Waals surface area contributed by atoms with Crippen LogP contribution in [0.2, 0.25) is 0 Å². The maximum Gasteiger partial charge on any atom is 0.286 e. The van der Waals surface area contributed by atoms with E-state index in [1.54, 1.807) is 12.1 Å². The van der Waals surface area contributed by atoms with Crippen molar-refractivity contribution in [2.24, 2.45) is 4.40 Å². The molecular weight excluding hydrogens is 256 g/mol. The van der Waals surface area contributed by atoms with Gasteiger partial charge in [0.25, 0.3) is 10.0 Å². The predicted molar refractivity (Wildman–Crippen MR) is 72.2 cm³/mol. The second-order valence-electron chi connectivity index (χ2n) is 3.61. The summed E-state index contributed by atoms with van der Waals surface area (Å²) in [5.74, 6) is 0.781. The third kappa shape index (κ3) is 2.47. The van der Waals surface area contributed by atoms with Gasteiger partial charge in [-0.2, -0.15) is 8.42 Å². The summed E-state index contributed by atoms with van der Waals surface area (Å²) in [7, 11) is -3.54. The Morgan fingerprint density at radius 1 is 1.35 bits per heavy atom. The molecule has 0 radical (unpaired) electrons. The van der Waals surface area contributed by atoms with Crippen LogP contribution in [0, 0.1) is 0 Å². The highest BCUT2D eigenvalue weighted by Crippen LogP contribution is 2.30. The van der Waals surface area contributed by atoms with E-state index in [1.165, 1.54) is 11.8 Å². The maximum atomic E-state index is 12.0. The lowest BCUT2D eigenvalue weighted by Crippen LogP contribution is -2.19. The van der Waals surface area contributed by atoms with Gasteiger partial charge in [0.2, 0.25) is 0 Å². The average Bonchev–Trinajstić information content (AvgIpc) is 2.28. The highest BCUT2D eigenvalue weighted by molar-refractivity contribution is 8.14. The second kappa shape index (κ2) is 4.70. The van der Waals surface area contributed by atoms with Crippen molar-refractivity contribution in [1.29, 1.82) is 0 Å². The molecule has 4 nitrogen and oxygen atoms in total. The summed E-state index contributed by atoms with van der Waals surface area (Å²) in [4.78, 5) is 0.275. The average molecular weight is 270 g/mol. The minimum absolute atomic E-state index is 0.275. The van der Waals surface area contributed by atoms with Crippen LogP contribution in [0.15, 0.2) is 27.5 Å². The number of benzene rings is 1. The number of hydrogen-bond acceptors (Lipinski definition) is 4. The molecule has 0 atom stereocenters. The molecule has 6 heteroatoms. The Kier molecular flexibility index (Phi) is 3.44. The lowest BCUT2D eigenvalue weighted by Gasteiger charge is -2.17. The Morgan fingerprint density at radius 2 is 2.12 bits per heavy atom. The summed E-state index contributed by atoms with van der Waals surface area (Å²) in [6, 6.07) is 5.42. The minimum atomic E-state index is -3.54. The molecule has 17 heavy (non-hydrogen) atoms. The molecule has 2 rings (SSSR count). The van der Waals surface area contributed by atoms with Crippen molar-refractivity contribution in [3.05, 3.63) is 23.8 Å². The Balaban J connectivity index is 2.49. The van der Waals surface area contributed by atoms with Crippen LogP contribution >= 0.6 is 11.8 Å². The first kappa shape index (κ1) is 12.4. The first-order valence-electron chi connectivity index (χ1n) is 5.44. The van der Waals surface area contributed by atoms with Gasteiger partial charge >= 0.3 is 0 Å². The number of nitrogens with zero attached hydrogens (tertiary/aromatic N) is 1. The number of thioether (sulfide) groups is 1. The van der Waals surface area contributed by atoms with Gasteiger partial charge in [-0.15, -0.1) is 4.40 Å². The normalized spacial score (nSPS) is 16.9. The quantitative estimate of drug-likeness (QED) is 0.897. The lowest BCUT2D eigenvalue weighted by atomic mass is 10.1. The molecule has 0 aliphatic carbocycles. The Labute approximate surface area is 106 Å². The van der Waals surface area contributed by atoms with E-state index in [1.807, 2.05) is 19.9 Å². The molecule has 0 saturated carbocycles. The molecule has 0 fully saturated rings. The third-order valence-electron chi connectivity index (χ3n) is 2.46. The van der Waals surface area contributed by atoms with E-state index in [-0.39, 0.29) is 4.90 Å². The van der Waals surface area contributed by atoms with Crippen LogP contribution < -0.4 is 5.32 Å². The Hall–Kier alpha value is -1.01. The van der Waals surface area contributed by atoms with E-state index in [9.17, 15) is 8.42 Å². The molecule has 0 saturated heterocycles. The Morgan fingerprint density at radius 3 is 2.76 bits per heavy atom. The molecular formula is C11H14N2O2S2. The molecule has 0 bridgehead atoms. The topological polar surface area (TPSA) is 58.5 Å². The van der Waals surface area contributed by atoms with Crippen molar-refractivity contribution >= 4 is 32.6 Å². The standard InChI is InChI=1S/C11H14N2O2S2/c1-3-8-5-6-9-10(7-8)17(14,15)13-11(12-9)16-4-2/h5-7H,3-4H2,1-2H3,(H,12,13). The molecule has 1 heterocycles. The first-order valence-corrected chi connectivity index (χ1v) is 7.87. The number of fused-ring (bicyclic) bond motifs is 1. The largest absolute Gasteiger partial charge is 0.333 e. The van der Waals surface area contributed by atoms with E-state index >= 15 is 0 Å². The van der Waals surface area contributed by atoms with Gasteiger partial charge in [0.15, 0.2) is 5.17 Å². The molecule has 0 aromatic heterocycles. The van der Waals surface area contributed by atoms with Gasteiger partial charge in [0.05, 0.1) is 5.69 Å². The summed E-state index contributed by atoms with van der Waals surface area (Å²) >= 11 is 1.39. The van der Waals surface area contributed by atoms with Crippen LogP contribution in [0.5, 0.6) is 0 Å².